The lowest BCUT2D eigenvalue weighted by Gasteiger charge is -2.06. The summed E-state index contributed by atoms with van der Waals surface area (Å²) >= 11 is 11.7. The zero-order valence-electron chi connectivity index (χ0n) is 9.86. The number of nitrogen functional groups attached to an aromatic ring is 1. The SMILES string of the molecule is Nc1ccc(CC(=O)Nc2ccc(Cl)c(Cl)c2)nc1. The van der Waals surface area contributed by atoms with Crippen LogP contribution in [0.2, 0.25) is 10.0 Å². The smallest absolute Gasteiger partial charge is 0.230 e. The first-order chi connectivity index (χ1) is 9.04. The highest BCUT2D eigenvalue weighted by Crippen LogP contribution is 2.25. The van der Waals surface area contributed by atoms with E-state index in [-0.39, 0.29) is 12.3 Å². The number of hydrogen-bond acceptors (Lipinski definition) is 3. The fourth-order valence-electron chi connectivity index (χ4n) is 1.48. The lowest BCUT2D eigenvalue weighted by molar-refractivity contribution is -0.115. The number of pyridine rings is 1. The van der Waals surface area contributed by atoms with Crippen molar-refractivity contribution in [3.8, 4) is 0 Å². The van der Waals surface area contributed by atoms with Crippen molar-refractivity contribution >= 4 is 40.5 Å². The van der Waals surface area contributed by atoms with Crippen molar-refractivity contribution in [1.29, 1.82) is 0 Å². The molecule has 0 aliphatic rings. The van der Waals surface area contributed by atoms with Crippen molar-refractivity contribution in [2.75, 3.05) is 11.1 Å². The Morgan fingerprint density at radius 1 is 1.21 bits per heavy atom. The number of carbonyl (C=O) groups excluding carboxylic acids is 1. The zero-order chi connectivity index (χ0) is 13.8. The molecule has 1 amide bonds. The molecule has 0 unspecified atom stereocenters. The van der Waals surface area contributed by atoms with Crippen LogP contribution in [0.5, 0.6) is 0 Å². The Labute approximate surface area is 120 Å². The number of aromatic nitrogens is 1. The number of amides is 1. The predicted octanol–water partition coefficient (Wildman–Crippen LogP) is 3.15. The van der Waals surface area contributed by atoms with E-state index in [4.69, 9.17) is 28.9 Å². The van der Waals surface area contributed by atoms with E-state index in [1.165, 1.54) is 6.20 Å². The van der Waals surface area contributed by atoms with Gasteiger partial charge in [0.15, 0.2) is 0 Å². The fraction of sp³-hybridized carbons (Fsp3) is 0.0769. The Morgan fingerprint density at radius 3 is 2.63 bits per heavy atom. The molecule has 0 bridgehead atoms. The van der Waals surface area contributed by atoms with E-state index in [1.807, 2.05) is 0 Å². The lowest BCUT2D eigenvalue weighted by Crippen LogP contribution is -2.15. The van der Waals surface area contributed by atoms with E-state index in [1.54, 1.807) is 30.3 Å². The minimum Gasteiger partial charge on any atom is -0.397 e. The van der Waals surface area contributed by atoms with Crippen LogP contribution in [0.25, 0.3) is 0 Å². The van der Waals surface area contributed by atoms with Crippen molar-refractivity contribution in [3.63, 3.8) is 0 Å². The Hall–Kier alpha value is -1.78. The maximum absolute atomic E-state index is 11.8. The molecule has 0 spiro atoms. The molecular formula is C13H11Cl2N3O. The quantitative estimate of drug-likeness (QED) is 0.914. The van der Waals surface area contributed by atoms with Gasteiger partial charge in [-0.25, -0.2) is 0 Å². The summed E-state index contributed by atoms with van der Waals surface area (Å²) in [4.78, 5) is 15.9. The van der Waals surface area contributed by atoms with Crippen LogP contribution in [-0.4, -0.2) is 10.9 Å². The highest BCUT2D eigenvalue weighted by molar-refractivity contribution is 6.42. The second kappa shape index (κ2) is 5.91. The average molecular weight is 296 g/mol. The average Bonchev–Trinajstić information content (AvgIpc) is 2.37. The monoisotopic (exact) mass is 295 g/mol. The van der Waals surface area contributed by atoms with Gasteiger partial charge in [0.05, 0.1) is 28.4 Å². The van der Waals surface area contributed by atoms with Crippen molar-refractivity contribution in [2.24, 2.45) is 0 Å². The molecule has 0 fully saturated rings. The van der Waals surface area contributed by atoms with Crippen LogP contribution in [0.3, 0.4) is 0 Å². The van der Waals surface area contributed by atoms with E-state index in [0.29, 0.717) is 27.1 Å². The third kappa shape index (κ3) is 3.84. The molecule has 0 aliphatic heterocycles. The van der Waals surface area contributed by atoms with Gasteiger partial charge in [-0.15, -0.1) is 0 Å². The van der Waals surface area contributed by atoms with Crippen LogP contribution in [-0.2, 0) is 11.2 Å². The predicted molar refractivity (Wildman–Crippen MR) is 77.4 cm³/mol. The lowest BCUT2D eigenvalue weighted by atomic mass is 10.2. The van der Waals surface area contributed by atoms with Gasteiger partial charge in [-0.3, -0.25) is 9.78 Å². The molecule has 0 atom stereocenters. The number of nitrogens with one attached hydrogen (secondary N) is 1. The van der Waals surface area contributed by atoms with Crippen LogP contribution >= 0.6 is 23.2 Å². The van der Waals surface area contributed by atoms with E-state index < -0.39 is 0 Å². The summed E-state index contributed by atoms with van der Waals surface area (Å²) in [5, 5.41) is 3.56. The van der Waals surface area contributed by atoms with Crippen LogP contribution in [0.15, 0.2) is 36.5 Å². The normalized spacial score (nSPS) is 10.2. The topological polar surface area (TPSA) is 68.0 Å². The standard InChI is InChI=1S/C13H11Cl2N3O/c14-11-4-3-10(5-12(11)15)18-13(19)6-9-2-1-8(16)7-17-9/h1-5,7H,6,16H2,(H,18,19). The van der Waals surface area contributed by atoms with E-state index in [2.05, 4.69) is 10.3 Å². The first-order valence-corrected chi connectivity index (χ1v) is 6.25. The third-order valence-corrected chi connectivity index (χ3v) is 3.13. The van der Waals surface area contributed by atoms with Crippen molar-refractivity contribution in [1.82, 2.24) is 4.98 Å². The molecule has 0 radical (unpaired) electrons. The van der Waals surface area contributed by atoms with Crippen LogP contribution in [0.1, 0.15) is 5.69 Å². The number of rotatable bonds is 3. The summed E-state index contributed by atoms with van der Waals surface area (Å²) in [5.41, 5.74) is 7.32. The van der Waals surface area contributed by atoms with Gasteiger partial charge in [-0.2, -0.15) is 0 Å². The number of anilines is 2. The minimum absolute atomic E-state index is 0.167. The highest BCUT2D eigenvalue weighted by Gasteiger charge is 2.06. The molecule has 0 saturated carbocycles. The van der Waals surface area contributed by atoms with Crippen molar-refractivity contribution < 1.29 is 4.79 Å². The van der Waals surface area contributed by atoms with E-state index >= 15 is 0 Å². The molecule has 1 heterocycles. The fourth-order valence-corrected chi connectivity index (χ4v) is 1.78. The molecule has 4 nitrogen and oxygen atoms in total. The number of nitrogens with two attached hydrogens (primary N) is 1. The van der Waals surface area contributed by atoms with Gasteiger partial charge >= 0.3 is 0 Å². The second-order valence-corrected chi connectivity index (χ2v) is 4.75. The Balaban J connectivity index is 2.01. The van der Waals surface area contributed by atoms with Gasteiger partial charge in [0.25, 0.3) is 0 Å². The van der Waals surface area contributed by atoms with Crippen LogP contribution in [0, 0.1) is 0 Å². The highest BCUT2D eigenvalue weighted by atomic mass is 35.5. The van der Waals surface area contributed by atoms with Crippen molar-refractivity contribution in [2.45, 2.75) is 6.42 Å². The molecule has 0 aliphatic carbocycles. The van der Waals surface area contributed by atoms with Crippen LogP contribution in [0.4, 0.5) is 11.4 Å². The Morgan fingerprint density at radius 2 is 2.00 bits per heavy atom. The molecule has 98 valence electrons. The van der Waals surface area contributed by atoms with E-state index in [0.717, 1.165) is 0 Å². The molecule has 0 saturated heterocycles. The number of hydrogen-bond donors (Lipinski definition) is 2. The molecule has 3 N–H and O–H groups in total. The number of nitrogens with zero attached hydrogens (tertiary/aromatic N) is 1. The van der Waals surface area contributed by atoms with Crippen molar-refractivity contribution in [3.05, 3.63) is 52.3 Å². The molecule has 19 heavy (non-hydrogen) atoms. The number of carbonyl (C=O) groups is 1. The summed E-state index contributed by atoms with van der Waals surface area (Å²) in [6.45, 7) is 0. The first kappa shape index (κ1) is 13.6. The van der Waals surface area contributed by atoms with Gasteiger partial charge in [0.2, 0.25) is 5.91 Å². The van der Waals surface area contributed by atoms with Gasteiger partial charge in [-0.1, -0.05) is 23.2 Å². The second-order valence-electron chi connectivity index (χ2n) is 3.94. The molecule has 1 aromatic carbocycles. The summed E-state index contributed by atoms with van der Waals surface area (Å²) < 4.78 is 0. The maximum atomic E-state index is 11.8. The minimum atomic E-state index is -0.185. The number of halogens is 2. The van der Waals surface area contributed by atoms with Crippen LogP contribution < -0.4 is 11.1 Å². The van der Waals surface area contributed by atoms with Gasteiger partial charge < -0.3 is 11.1 Å². The summed E-state index contributed by atoms with van der Waals surface area (Å²) in [6, 6.07) is 8.32. The van der Waals surface area contributed by atoms with Gasteiger partial charge in [0, 0.05) is 11.4 Å². The third-order valence-electron chi connectivity index (χ3n) is 2.39. The summed E-state index contributed by atoms with van der Waals surface area (Å²) in [5.74, 6) is -0.185. The molecule has 1 aromatic heterocycles. The van der Waals surface area contributed by atoms with E-state index in [9.17, 15) is 4.79 Å². The Kier molecular flexibility index (Phi) is 4.24. The molecule has 2 aromatic rings. The van der Waals surface area contributed by atoms with Gasteiger partial charge in [0.1, 0.15) is 0 Å². The largest absolute Gasteiger partial charge is 0.397 e. The summed E-state index contributed by atoms with van der Waals surface area (Å²) in [6.07, 6.45) is 1.68. The Bertz CT molecular complexity index is 599. The first-order valence-electron chi connectivity index (χ1n) is 5.50. The number of benzene rings is 1. The summed E-state index contributed by atoms with van der Waals surface area (Å²) in [7, 11) is 0. The van der Waals surface area contributed by atoms with Gasteiger partial charge in [-0.05, 0) is 30.3 Å². The maximum Gasteiger partial charge on any atom is 0.230 e. The molecule has 2 rings (SSSR count). The molecule has 6 heteroatoms. The zero-order valence-corrected chi connectivity index (χ0v) is 11.4. The molecular weight excluding hydrogens is 285 g/mol.